The summed E-state index contributed by atoms with van der Waals surface area (Å²) in [4.78, 5) is 0. The molecule has 0 saturated heterocycles. The molecule has 0 heterocycles. The van der Waals surface area contributed by atoms with Crippen molar-refractivity contribution in [2.24, 2.45) is 0 Å². The lowest BCUT2D eigenvalue weighted by atomic mass is 10.0. The third-order valence-corrected chi connectivity index (χ3v) is 4.57. The Kier molecular flexibility index (Phi) is 19.4. The summed E-state index contributed by atoms with van der Waals surface area (Å²) in [6.07, 6.45) is 21.1. The molecule has 0 radical (unpaired) electrons. The van der Waals surface area contributed by atoms with Gasteiger partial charge in [0.25, 0.3) is 0 Å². The Labute approximate surface area is 146 Å². The molecule has 0 unspecified atom stereocenters. The molecule has 0 aliphatic heterocycles. The maximum atomic E-state index is 9.92. The van der Waals surface area contributed by atoms with Crippen LogP contribution in [-0.4, -0.2) is 24.3 Å². The molecule has 0 spiro atoms. The summed E-state index contributed by atoms with van der Waals surface area (Å²) >= 11 is 0. The average molecular weight is 326 g/mol. The Bertz CT molecular complexity index is 230. The van der Waals surface area contributed by atoms with Gasteiger partial charge in [0, 0.05) is 6.54 Å². The summed E-state index contributed by atoms with van der Waals surface area (Å²) in [7, 11) is 0. The van der Waals surface area contributed by atoms with Crippen molar-refractivity contribution >= 4 is 0 Å². The summed E-state index contributed by atoms with van der Waals surface area (Å²) in [6, 6.07) is 0. The fraction of sp³-hybridized carbons (Fsp3) is 0.905. The van der Waals surface area contributed by atoms with Crippen LogP contribution in [-0.2, 0) is 0 Å². The molecule has 138 valence electrons. The Balaban J connectivity index is 3.08. The quantitative estimate of drug-likeness (QED) is 0.226. The van der Waals surface area contributed by atoms with Crippen molar-refractivity contribution in [1.29, 1.82) is 0 Å². The van der Waals surface area contributed by atoms with Crippen molar-refractivity contribution in [3.05, 3.63) is 12.7 Å². The fourth-order valence-electron chi connectivity index (χ4n) is 3.02. The molecule has 2 heteroatoms. The number of unbranched alkanes of at least 4 members (excludes halogenated alkanes) is 11. The average Bonchev–Trinajstić information content (AvgIpc) is 2.56. The first-order chi connectivity index (χ1) is 11.3. The summed E-state index contributed by atoms with van der Waals surface area (Å²) in [6.45, 7) is 8.01. The van der Waals surface area contributed by atoms with Crippen LogP contribution >= 0.6 is 0 Å². The number of rotatable bonds is 19. The second-order valence-electron chi connectivity index (χ2n) is 6.97. The van der Waals surface area contributed by atoms with E-state index >= 15 is 0 Å². The van der Waals surface area contributed by atoms with Gasteiger partial charge >= 0.3 is 0 Å². The Morgan fingerprint density at radius 3 is 1.78 bits per heavy atom. The predicted molar refractivity (Wildman–Crippen MR) is 104 cm³/mol. The van der Waals surface area contributed by atoms with Crippen molar-refractivity contribution < 1.29 is 5.11 Å². The molecule has 0 aromatic heterocycles. The summed E-state index contributed by atoms with van der Waals surface area (Å²) in [5.41, 5.74) is 0. The van der Waals surface area contributed by atoms with Crippen molar-refractivity contribution in [2.45, 2.75) is 109 Å². The molecule has 2 nitrogen and oxygen atoms in total. The molecule has 0 bridgehead atoms. The van der Waals surface area contributed by atoms with Gasteiger partial charge in [-0.05, 0) is 25.8 Å². The molecular formula is C21H43NO. The van der Waals surface area contributed by atoms with E-state index in [1.165, 1.54) is 83.5 Å². The zero-order valence-corrected chi connectivity index (χ0v) is 15.8. The van der Waals surface area contributed by atoms with Crippen LogP contribution in [0.5, 0.6) is 0 Å². The van der Waals surface area contributed by atoms with E-state index < -0.39 is 0 Å². The molecule has 0 fully saturated rings. The van der Waals surface area contributed by atoms with Gasteiger partial charge in [-0.25, -0.2) is 0 Å². The zero-order chi connectivity index (χ0) is 17.0. The van der Waals surface area contributed by atoms with Gasteiger partial charge in [-0.15, -0.1) is 6.58 Å². The standard InChI is InChI=1S/C21H43NO/c1-3-5-6-14-17-21(23)18-15-12-10-8-7-9-11-13-16-20-22-19-4-2/h4,21-23H,2-3,5-20H2,1H3/t21-/m1/s1. The van der Waals surface area contributed by atoms with Crippen LogP contribution in [0.2, 0.25) is 0 Å². The van der Waals surface area contributed by atoms with Gasteiger partial charge in [-0.1, -0.05) is 90.0 Å². The number of hydrogen-bond acceptors (Lipinski definition) is 2. The third-order valence-electron chi connectivity index (χ3n) is 4.57. The fourth-order valence-corrected chi connectivity index (χ4v) is 3.02. The van der Waals surface area contributed by atoms with E-state index in [0.717, 1.165) is 25.9 Å². The van der Waals surface area contributed by atoms with Crippen LogP contribution in [0, 0.1) is 0 Å². The minimum atomic E-state index is -0.0402. The first kappa shape index (κ1) is 22.7. The largest absolute Gasteiger partial charge is 0.393 e. The van der Waals surface area contributed by atoms with Crippen LogP contribution < -0.4 is 5.32 Å². The lowest BCUT2D eigenvalue weighted by molar-refractivity contribution is 0.147. The predicted octanol–water partition coefficient (Wildman–Crippen LogP) is 5.99. The molecule has 0 aromatic rings. The summed E-state index contributed by atoms with van der Waals surface area (Å²) < 4.78 is 0. The highest BCUT2D eigenvalue weighted by Gasteiger charge is 2.03. The molecule has 0 aliphatic carbocycles. The molecule has 23 heavy (non-hydrogen) atoms. The van der Waals surface area contributed by atoms with Crippen LogP contribution in [0.3, 0.4) is 0 Å². The Morgan fingerprint density at radius 2 is 1.26 bits per heavy atom. The monoisotopic (exact) mass is 325 g/mol. The highest BCUT2D eigenvalue weighted by molar-refractivity contribution is 4.69. The van der Waals surface area contributed by atoms with Crippen LogP contribution in [0.15, 0.2) is 12.7 Å². The lowest BCUT2D eigenvalue weighted by Gasteiger charge is -2.10. The first-order valence-corrected chi connectivity index (χ1v) is 10.3. The van der Waals surface area contributed by atoms with Crippen molar-refractivity contribution in [1.82, 2.24) is 5.32 Å². The second kappa shape index (κ2) is 19.7. The van der Waals surface area contributed by atoms with Gasteiger partial charge < -0.3 is 10.4 Å². The molecule has 1 atom stereocenters. The van der Waals surface area contributed by atoms with Crippen LogP contribution in [0.25, 0.3) is 0 Å². The SMILES string of the molecule is C=CCNCCCCCCCCCCC[C@H](O)CCCCCC. The van der Waals surface area contributed by atoms with Crippen molar-refractivity contribution in [3.63, 3.8) is 0 Å². The smallest absolute Gasteiger partial charge is 0.0540 e. The molecule has 0 saturated carbocycles. The van der Waals surface area contributed by atoms with E-state index in [1.807, 2.05) is 6.08 Å². The van der Waals surface area contributed by atoms with Crippen molar-refractivity contribution in [2.75, 3.05) is 13.1 Å². The molecule has 0 amide bonds. The molecule has 0 aromatic carbocycles. The summed E-state index contributed by atoms with van der Waals surface area (Å²) in [5.74, 6) is 0. The summed E-state index contributed by atoms with van der Waals surface area (Å²) in [5, 5.41) is 13.3. The van der Waals surface area contributed by atoms with Crippen LogP contribution in [0.4, 0.5) is 0 Å². The van der Waals surface area contributed by atoms with Gasteiger partial charge in [0.15, 0.2) is 0 Å². The van der Waals surface area contributed by atoms with Gasteiger partial charge in [0.1, 0.15) is 0 Å². The van der Waals surface area contributed by atoms with Gasteiger partial charge in [-0.2, -0.15) is 0 Å². The molecule has 0 rings (SSSR count). The molecular weight excluding hydrogens is 282 g/mol. The molecule has 2 N–H and O–H groups in total. The maximum Gasteiger partial charge on any atom is 0.0540 e. The normalized spacial score (nSPS) is 12.4. The van der Waals surface area contributed by atoms with Gasteiger partial charge in [0.2, 0.25) is 0 Å². The zero-order valence-electron chi connectivity index (χ0n) is 15.8. The molecule has 0 aliphatic rings. The van der Waals surface area contributed by atoms with E-state index in [4.69, 9.17) is 0 Å². The Hall–Kier alpha value is -0.340. The van der Waals surface area contributed by atoms with Gasteiger partial charge in [0.05, 0.1) is 6.10 Å². The number of aliphatic hydroxyl groups excluding tert-OH is 1. The number of aliphatic hydroxyl groups is 1. The van der Waals surface area contributed by atoms with E-state index in [9.17, 15) is 5.11 Å². The van der Waals surface area contributed by atoms with E-state index in [1.54, 1.807) is 0 Å². The highest BCUT2D eigenvalue weighted by atomic mass is 16.3. The minimum absolute atomic E-state index is 0.0402. The van der Waals surface area contributed by atoms with Crippen LogP contribution in [0.1, 0.15) is 103 Å². The maximum absolute atomic E-state index is 9.92. The minimum Gasteiger partial charge on any atom is -0.393 e. The lowest BCUT2D eigenvalue weighted by Crippen LogP contribution is -2.14. The van der Waals surface area contributed by atoms with E-state index in [0.29, 0.717) is 0 Å². The van der Waals surface area contributed by atoms with Crippen molar-refractivity contribution in [3.8, 4) is 0 Å². The number of hydrogen-bond donors (Lipinski definition) is 2. The third kappa shape index (κ3) is 19.6. The second-order valence-corrected chi connectivity index (χ2v) is 6.97. The topological polar surface area (TPSA) is 32.3 Å². The number of nitrogens with one attached hydrogen (secondary N) is 1. The van der Waals surface area contributed by atoms with E-state index in [-0.39, 0.29) is 6.10 Å². The first-order valence-electron chi connectivity index (χ1n) is 10.3. The Morgan fingerprint density at radius 1 is 0.783 bits per heavy atom. The van der Waals surface area contributed by atoms with Gasteiger partial charge in [-0.3, -0.25) is 0 Å². The highest BCUT2D eigenvalue weighted by Crippen LogP contribution is 2.14. The van der Waals surface area contributed by atoms with E-state index in [2.05, 4.69) is 18.8 Å².